The zero-order chi connectivity index (χ0) is 11.5. The predicted octanol–water partition coefficient (Wildman–Crippen LogP) is 2.41. The van der Waals surface area contributed by atoms with Gasteiger partial charge in [-0.1, -0.05) is 23.1 Å². The average Bonchev–Trinajstić information content (AvgIpc) is 2.65. The van der Waals surface area contributed by atoms with Gasteiger partial charge >= 0.3 is 0 Å². The van der Waals surface area contributed by atoms with Gasteiger partial charge in [-0.05, 0) is 26.0 Å². The molecule has 0 radical (unpaired) electrons. The van der Waals surface area contributed by atoms with E-state index in [1.807, 2.05) is 32.2 Å². The van der Waals surface area contributed by atoms with Gasteiger partial charge in [-0.25, -0.2) is 0 Å². The minimum Gasteiger partial charge on any atom is -0.323 e. The second kappa shape index (κ2) is 4.90. The molecule has 2 rings (SSSR count). The number of rotatable bonds is 3. The lowest BCUT2D eigenvalue weighted by Gasteiger charge is -2.04. The van der Waals surface area contributed by atoms with Crippen LogP contribution in [0, 0.1) is 6.92 Å². The fraction of sp³-hybridized carbons (Fsp3) is 0.300. The molecule has 1 atom stereocenters. The summed E-state index contributed by atoms with van der Waals surface area (Å²) in [5, 5.41) is 8.99. The molecule has 16 heavy (non-hydrogen) atoms. The van der Waals surface area contributed by atoms with Crippen LogP contribution in [-0.2, 0) is 0 Å². The first-order valence-corrected chi connectivity index (χ1v) is 6.48. The highest BCUT2D eigenvalue weighted by atomic mass is 32.2. The van der Waals surface area contributed by atoms with E-state index in [1.54, 1.807) is 23.1 Å². The Morgan fingerprint density at radius 3 is 2.69 bits per heavy atom. The minimum absolute atomic E-state index is 0.0252. The first-order chi connectivity index (χ1) is 7.65. The number of nitrogens with two attached hydrogens (primary N) is 1. The van der Waals surface area contributed by atoms with Crippen molar-refractivity contribution >= 4 is 23.1 Å². The molecule has 0 bridgehead atoms. The van der Waals surface area contributed by atoms with Crippen LogP contribution in [0.3, 0.4) is 0 Å². The third-order valence-corrected chi connectivity index (χ3v) is 3.81. The van der Waals surface area contributed by atoms with Gasteiger partial charge in [-0.3, -0.25) is 4.98 Å². The molecule has 0 aliphatic carbocycles. The summed E-state index contributed by atoms with van der Waals surface area (Å²) in [5.41, 5.74) is 6.63. The number of aromatic nitrogens is 3. The van der Waals surface area contributed by atoms with E-state index in [4.69, 9.17) is 5.73 Å². The Balaban J connectivity index is 2.11. The normalized spacial score (nSPS) is 12.7. The molecular weight excluding hydrogens is 240 g/mol. The third kappa shape index (κ3) is 2.78. The van der Waals surface area contributed by atoms with Gasteiger partial charge < -0.3 is 5.73 Å². The van der Waals surface area contributed by atoms with Gasteiger partial charge in [0, 0.05) is 17.1 Å². The summed E-state index contributed by atoms with van der Waals surface area (Å²) in [5.74, 6) is 0. The Kier molecular flexibility index (Phi) is 3.52. The molecule has 2 aromatic heterocycles. The van der Waals surface area contributed by atoms with Gasteiger partial charge in [0.05, 0.1) is 5.69 Å². The Labute approximate surface area is 102 Å². The Hall–Kier alpha value is -0.980. The van der Waals surface area contributed by atoms with E-state index in [2.05, 4.69) is 15.2 Å². The zero-order valence-corrected chi connectivity index (χ0v) is 10.7. The van der Waals surface area contributed by atoms with Crippen molar-refractivity contribution in [3.8, 4) is 0 Å². The molecule has 0 unspecified atom stereocenters. The molecule has 0 aromatic carbocycles. The zero-order valence-electron chi connectivity index (χ0n) is 9.04. The number of hydrogen-bond acceptors (Lipinski definition) is 6. The summed E-state index contributed by atoms with van der Waals surface area (Å²) in [6.45, 7) is 3.86. The number of aryl methyl sites for hydroxylation is 1. The summed E-state index contributed by atoms with van der Waals surface area (Å²) < 4.78 is 0.938. The van der Waals surface area contributed by atoms with E-state index in [0.717, 1.165) is 19.9 Å². The SMILES string of the molecule is Cc1nnc(Sc2ccc([C@H](C)N)nc2)s1. The lowest BCUT2D eigenvalue weighted by Crippen LogP contribution is -2.06. The van der Waals surface area contributed by atoms with Crippen molar-refractivity contribution < 1.29 is 0 Å². The van der Waals surface area contributed by atoms with Gasteiger partial charge in [0.1, 0.15) is 5.01 Å². The molecule has 0 aliphatic heterocycles. The van der Waals surface area contributed by atoms with Crippen molar-refractivity contribution in [3.05, 3.63) is 29.0 Å². The van der Waals surface area contributed by atoms with Crippen molar-refractivity contribution in [2.45, 2.75) is 29.1 Å². The number of nitrogens with zero attached hydrogens (tertiary/aromatic N) is 3. The van der Waals surface area contributed by atoms with Crippen LogP contribution in [0.15, 0.2) is 27.6 Å². The average molecular weight is 252 g/mol. The first-order valence-electron chi connectivity index (χ1n) is 4.84. The molecule has 2 heterocycles. The second-order valence-corrected chi connectivity index (χ2v) is 5.90. The maximum Gasteiger partial charge on any atom is 0.179 e. The van der Waals surface area contributed by atoms with Crippen LogP contribution in [0.5, 0.6) is 0 Å². The van der Waals surface area contributed by atoms with E-state index in [9.17, 15) is 0 Å². The van der Waals surface area contributed by atoms with Crippen LogP contribution < -0.4 is 5.73 Å². The molecule has 0 saturated heterocycles. The number of hydrogen-bond donors (Lipinski definition) is 1. The quantitative estimate of drug-likeness (QED) is 0.908. The topological polar surface area (TPSA) is 64.7 Å². The Bertz CT molecular complexity index is 464. The van der Waals surface area contributed by atoms with Crippen molar-refractivity contribution in [2.75, 3.05) is 0 Å². The van der Waals surface area contributed by atoms with Crippen LogP contribution in [0.1, 0.15) is 23.7 Å². The van der Waals surface area contributed by atoms with Gasteiger partial charge in [0.25, 0.3) is 0 Å². The van der Waals surface area contributed by atoms with Crippen LogP contribution >= 0.6 is 23.1 Å². The summed E-state index contributed by atoms with van der Waals surface area (Å²) >= 11 is 3.15. The van der Waals surface area contributed by atoms with Crippen LogP contribution in [0.4, 0.5) is 0 Å². The highest BCUT2D eigenvalue weighted by molar-refractivity contribution is 8.01. The summed E-state index contributed by atoms with van der Waals surface area (Å²) in [7, 11) is 0. The molecular formula is C10H12N4S2. The largest absolute Gasteiger partial charge is 0.323 e. The molecule has 2 N–H and O–H groups in total. The maximum absolute atomic E-state index is 5.73. The van der Waals surface area contributed by atoms with E-state index in [1.165, 1.54) is 0 Å². The molecule has 84 valence electrons. The Morgan fingerprint density at radius 2 is 2.19 bits per heavy atom. The molecule has 0 amide bonds. The van der Waals surface area contributed by atoms with Gasteiger partial charge in [0.2, 0.25) is 0 Å². The van der Waals surface area contributed by atoms with Crippen molar-refractivity contribution in [2.24, 2.45) is 5.73 Å². The standard InChI is InChI=1S/C10H12N4S2/c1-6(11)9-4-3-8(5-12-9)16-10-14-13-7(2)15-10/h3-6H,11H2,1-2H3/t6-/m0/s1. The van der Waals surface area contributed by atoms with Crippen LogP contribution in [-0.4, -0.2) is 15.2 Å². The summed E-state index contributed by atoms with van der Waals surface area (Å²) in [4.78, 5) is 5.35. The predicted molar refractivity (Wildman–Crippen MR) is 65.6 cm³/mol. The second-order valence-electron chi connectivity index (χ2n) is 3.40. The lowest BCUT2D eigenvalue weighted by molar-refractivity contribution is 0.777. The van der Waals surface area contributed by atoms with E-state index in [-0.39, 0.29) is 6.04 Å². The highest BCUT2D eigenvalue weighted by Crippen LogP contribution is 2.29. The van der Waals surface area contributed by atoms with Crippen molar-refractivity contribution in [3.63, 3.8) is 0 Å². The Morgan fingerprint density at radius 1 is 1.38 bits per heavy atom. The molecule has 0 aliphatic rings. The third-order valence-electron chi connectivity index (χ3n) is 1.94. The van der Waals surface area contributed by atoms with Crippen LogP contribution in [0.25, 0.3) is 0 Å². The van der Waals surface area contributed by atoms with Gasteiger partial charge in [-0.2, -0.15) is 0 Å². The smallest absolute Gasteiger partial charge is 0.179 e. The fourth-order valence-electron chi connectivity index (χ4n) is 1.14. The first kappa shape index (κ1) is 11.5. The molecule has 2 aromatic rings. The maximum atomic E-state index is 5.73. The monoisotopic (exact) mass is 252 g/mol. The molecule has 0 saturated carbocycles. The molecule has 6 heteroatoms. The van der Waals surface area contributed by atoms with Crippen molar-refractivity contribution in [1.29, 1.82) is 0 Å². The van der Waals surface area contributed by atoms with E-state index in [0.29, 0.717) is 0 Å². The van der Waals surface area contributed by atoms with Gasteiger partial charge in [0.15, 0.2) is 4.34 Å². The molecule has 4 nitrogen and oxygen atoms in total. The van der Waals surface area contributed by atoms with Gasteiger partial charge in [-0.15, -0.1) is 10.2 Å². The fourth-order valence-corrected chi connectivity index (χ4v) is 2.90. The summed E-state index contributed by atoms with van der Waals surface area (Å²) in [6.07, 6.45) is 1.82. The lowest BCUT2D eigenvalue weighted by atomic mass is 10.2. The summed E-state index contributed by atoms with van der Waals surface area (Å²) in [6, 6.07) is 3.93. The van der Waals surface area contributed by atoms with E-state index >= 15 is 0 Å². The minimum atomic E-state index is -0.0252. The van der Waals surface area contributed by atoms with Crippen molar-refractivity contribution in [1.82, 2.24) is 15.2 Å². The highest BCUT2D eigenvalue weighted by Gasteiger charge is 2.05. The number of pyridine rings is 1. The van der Waals surface area contributed by atoms with Crippen LogP contribution in [0.2, 0.25) is 0 Å². The molecule has 0 spiro atoms. The van der Waals surface area contributed by atoms with E-state index < -0.39 is 0 Å². The molecule has 0 fully saturated rings.